The number of benzene rings is 2. The number of hydrogen-bond acceptors (Lipinski definition) is 6. The molecule has 1 N–H and O–H groups in total. The molecule has 0 unspecified atom stereocenters. The third-order valence-electron chi connectivity index (χ3n) is 4.35. The van der Waals surface area contributed by atoms with Crippen LogP contribution in [0.15, 0.2) is 52.5 Å². The number of nitrogens with one attached hydrogen (secondary N) is 1. The lowest BCUT2D eigenvalue weighted by molar-refractivity contribution is -0.384. The molecule has 1 aliphatic heterocycles. The average Bonchev–Trinajstić information content (AvgIpc) is 3.25. The summed E-state index contributed by atoms with van der Waals surface area (Å²) >= 11 is 5.75. The van der Waals surface area contributed by atoms with Crippen LogP contribution < -0.4 is 5.43 Å². The highest BCUT2D eigenvalue weighted by atomic mass is 35.5. The maximum Gasteiger partial charge on any atom is 0.288 e. The van der Waals surface area contributed by atoms with E-state index in [0.29, 0.717) is 18.7 Å². The maximum absolute atomic E-state index is 12.6. The predicted octanol–water partition coefficient (Wildman–Crippen LogP) is 2.80. The minimum Gasteiger partial charge on any atom is -0.267 e. The Kier molecular flexibility index (Phi) is 6.26. The van der Waals surface area contributed by atoms with Crippen molar-refractivity contribution in [3.63, 3.8) is 0 Å². The van der Waals surface area contributed by atoms with E-state index in [1.807, 2.05) is 0 Å². The van der Waals surface area contributed by atoms with E-state index in [0.717, 1.165) is 12.8 Å². The molecule has 0 spiro atoms. The quantitative estimate of drug-likeness (QED) is 0.424. The summed E-state index contributed by atoms with van der Waals surface area (Å²) in [6, 6.07) is 9.79. The van der Waals surface area contributed by atoms with Gasteiger partial charge in [0.05, 0.1) is 16.0 Å². The molecule has 1 saturated heterocycles. The SMILES string of the molecule is O=C(NN=Cc1ccc(Cl)c([N+](=O)[O-])c1)c1cccc(S(=O)(=O)N2CCCC2)c1. The van der Waals surface area contributed by atoms with Gasteiger partial charge in [-0.05, 0) is 37.1 Å². The first kappa shape index (κ1) is 20.9. The van der Waals surface area contributed by atoms with Crippen LogP contribution in [0.3, 0.4) is 0 Å². The minimum absolute atomic E-state index is 0.00721. The minimum atomic E-state index is -3.64. The van der Waals surface area contributed by atoms with Gasteiger partial charge in [0.2, 0.25) is 10.0 Å². The lowest BCUT2D eigenvalue weighted by Gasteiger charge is -2.15. The molecule has 1 aliphatic rings. The molecule has 1 heterocycles. The number of carbonyl (C=O) groups is 1. The topological polar surface area (TPSA) is 122 Å². The molecule has 29 heavy (non-hydrogen) atoms. The number of nitro benzene ring substituents is 1. The van der Waals surface area contributed by atoms with Crippen molar-refractivity contribution in [2.24, 2.45) is 5.10 Å². The summed E-state index contributed by atoms with van der Waals surface area (Å²) in [5.41, 5.74) is 2.50. The average molecular weight is 437 g/mol. The van der Waals surface area contributed by atoms with Gasteiger partial charge in [-0.2, -0.15) is 9.41 Å². The fourth-order valence-corrected chi connectivity index (χ4v) is 4.61. The number of amides is 1. The smallest absolute Gasteiger partial charge is 0.267 e. The van der Waals surface area contributed by atoms with Gasteiger partial charge in [0.25, 0.3) is 11.6 Å². The molecule has 0 radical (unpaired) electrons. The Morgan fingerprint density at radius 3 is 2.62 bits per heavy atom. The van der Waals surface area contributed by atoms with E-state index in [9.17, 15) is 23.3 Å². The van der Waals surface area contributed by atoms with Crippen molar-refractivity contribution in [3.05, 3.63) is 68.7 Å². The van der Waals surface area contributed by atoms with Crippen molar-refractivity contribution in [2.45, 2.75) is 17.7 Å². The summed E-state index contributed by atoms with van der Waals surface area (Å²) < 4.78 is 26.6. The van der Waals surface area contributed by atoms with E-state index in [4.69, 9.17) is 11.6 Å². The molecule has 9 nitrogen and oxygen atoms in total. The van der Waals surface area contributed by atoms with Crippen LogP contribution in [0.2, 0.25) is 5.02 Å². The predicted molar refractivity (Wildman–Crippen MR) is 108 cm³/mol. The highest BCUT2D eigenvalue weighted by molar-refractivity contribution is 7.89. The van der Waals surface area contributed by atoms with E-state index >= 15 is 0 Å². The first-order valence-corrected chi connectivity index (χ1v) is 10.5. The molecule has 2 aromatic carbocycles. The number of carbonyl (C=O) groups excluding carboxylic acids is 1. The van der Waals surface area contributed by atoms with Gasteiger partial charge in [-0.15, -0.1) is 0 Å². The van der Waals surface area contributed by atoms with Crippen LogP contribution in [0.5, 0.6) is 0 Å². The van der Waals surface area contributed by atoms with Crippen LogP contribution in [-0.4, -0.2) is 42.9 Å². The Bertz CT molecular complexity index is 1080. The highest BCUT2D eigenvalue weighted by Crippen LogP contribution is 2.24. The number of hydrogen-bond donors (Lipinski definition) is 1. The summed E-state index contributed by atoms with van der Waals surface area (Å²) in [5, 5.41) is 14.7. The van der Waals surface area contributed by atoms with Crippen molar-refractivity contribution < 1.29 is 18.1 Å². The van der Waals surface area contributed by atoms with Crippen molar-refractivity contribution in [1.29, 1.82) is 0 Å². The molecule has 0 bridgehead atoms. The van der Waals surface area contributed by atoms with E-state index < -0.39 is 20.9 Å². The normalized spacial score (nSPS) is 14.9. The van der Waals surface area contributed by atoms with Gasteiger partial charge >= 0.3 is 0 Å². The van der Waals surface area contributed by atoms with Crippen LogP contribution in [0, 0.1) is 10.1 Å². The lowest BCUT2D eigenvalue weighted by Crippen LogP contribution is -2.28. The van der Waals surface area contributed by atoms with Gasteiger partial charge in [-0.3, -0.25) is 14.9 Å². The summed E-state index contributed by atoms with van der Waals surface area (Å²) in [6.45, 7) is 0.937. The van der Waals surface area contributed by atoms with Crippen molar-refractivity contribution in [2.75, 3.05) is 13.1 Å². The Morgan fingerprint density at radius 2 is 1.93 bits per heavy atom. The molecule has 1 amide bonds. The molecule has 0 aromatic heterocycles. The van der Waals surface area contributed by atoms with Gasteiger partial charge in [-0.1, -0.05) is 23.7 Å². The molecular formula is C18H17ClN4O5S. The second-order valence-electron chi connectivity index (χ2n) is 6.31. The van der Waals surface area contributed by atoms with E-state index in [1.165, 1.54) is 53.0 Å². The van der Waals surface area contributed by atoms with Crippen LogP contribution in [0.1, 0.15) is 28.8 Å². The highest BCUT2D eigenvalue weighted by Gasteiger charge is 2.27. The molecule has 11 heteroatoms. The Morgan fingerprint density at radius 1 is 1.21 bits per heavy atom. The maximum atomic E-state index is 12.6. The van der Waals surface area contributed by atoms with Crippen LogP contribution in [0.4, 0.5) is 5.69 Å². The molecule has 2 aromatic rings. The Labute approximate surface area is 172 Å². The lowest BCUT2D eigenvalue weighted by atomic mass is 10.2. The van der Waals surface area contributed by atoms with Gasteiger partial charge in [0, 0.05) is 30.3 Å². The van der Waals surface area contributed by atoms with Gasteiger partial charge < -0.3 is 0 Å². The zero-order chi connectivity index (χ0) is 21.0. The Hall–Kier alpha value is -2.82. The first-order valence-electron chi connectivity index (χ1n) is 8.66. The van der Waals surface area contributed by atoms with Crippen molar-refractivity contribution in [1.82, 2.24) is 9.73 Å². The Balaban J connectivity index is 1.72. The number of rotatable bonds is 6. The largest absolute Gasteiger partial charge is 0.288 e. The number of halogens is 1. The first-order chi connectivity index (χ1) is 13.8. The van der Waals surface area contributed by atoms with Crippen molar-refractivity contribution >= 4 is 39.4 Å². The molecule has 0 aliphatic carbocycles. The van der Waals surface area contributed by atoms with Gasteiger partial charge in [0.15, 0.2) is 0 Å². The fraction of sp³-hybridized carbons (Fsp3) is 0.222. The van der Waals surface area contributed by atoms with Crippen LogP contribution >= 0.6 is 11.6 Å². The number of nitro groups is 1. The monoisotopic (exact) mass is 436 g/mol. The zero-order valence-electron chi connectivity index (χ0n) is 15.1. The zero-order valence-corrected chi connectivity index (χ0v) is 16.7. The summed E-state index contributed by atoms with van der Waals surface area (Å²) in [6.07, 6.45) is 2.86. The second kappa shape index (κ2) is 8.68. The molecule has 0 atom stereocenters. The second-order valence-corrected chi connectivity index (χ2v) is 8.65. The summed E-state index contributed by atoms with van der Waals surface area (Å²) in [4.78, 5) is 22.6. The van der Waals surface area contributed by atoms with Crippen molar-refractivity contribution in [3.8, 4) is 0 Å². The number of sulfonamides is 1. The van der Waals surface area contributed by atoms with Gasteiger partial charge in [0.1, 0.15) is 5.02 Å². The van der Waals surface area contributed by atoms with Crippen LogP contribution in [0.25, 0.3) is 0 Å². The summed E-state index contributed by atoms with van der Waals surface area (Å²) in [7, 11) is -3.64. The third kappa shape index (κ3) is 4.78. The van der Waals surface area contributed by atoms with Gasteiger partial charge in [-0.25, -0.2) is 13.8 Å². The summed E-state index contributed by atoms with van der Waals surface area (Å²) in [5.74, 6) is -0.608. The standard InChI is InChI=1S/C18H17ClN4O5S/c19-16-7-6-13(10-17(16)23(25)26)12-20-21-18(24)14-4-3-5-15(11-14)29(27,28)22-8-1-2-9-22/h3-7,10-12H,1-2,8-9H2,(H,21,24). The molecular weight excluding hydrogens is 420 g/mol. The molecule has 0 saturated carbocycles. The van der Waals surface area contributed by atoms with E-state index in [2.05, 4.69) is 10.5 Å². The number of hydrazone groups is 1. The van der Waals surface area contributed by atoms with E-state index in [-0.39, 0.29) is 21.2 Å². The molecule has 152 valence electrons. The van der Waals surface area contributed by atoms with E-state index in [1.54, 1.807) is 0 Å². The molecule has 3 rings (SSSR count). The third-order valence-corrected chi connectivity index (χ3v) is 6.56. The van der Waals surface area contributed by atoms with Crippen LogP contribution in [-0.2, 0) is 10.0 Å². The molecule has 1 fully saturated rings. The number of nitrogens with zero attached hydrogens (tertiary/aromatic N) is 3. The fourth-order valence-electron chi connectivity index (χ4n) is 2.86.